The van der Waals surface area contributed by atoms with E-state index in [4.69, 9.17) is 0 Å². The van der Waals surface area contributed by atoms with Crippen LogP contribution in [0.1, 0.15) is 32.8 Å². The first-order valence-corrected chi connectivity index (χ1v) is 8.25. The fraction of sp³-hybridized carbons (Fsp3) is 0.571. The van der Waals surface area contributed by atoms with Crippen LogP contribution in [0.5, 0.6) is 0 Å². The summed E-state index contributed by atoms with van der Waals surface area (Å²) in [4.78, 5) is 10.2. The minimum atomic E-state index is -3.90. The molecule has 21 heavy (non-hydrogen) atoms. The summed E-state index contributed by atoms with van der Waals surface area (Å²) in [6, 6.07) is 4.06. The third-order valence-corrected chi connectivity index (χ3v) is 5.62. The van der Waals surface area contributed by atoms with Gasteiger partial charge in [0.05, 0.1) is 4.92 Å². The lowest BCUT2D eigenvalue weighted by Gasteiger charge is -2.26. The van der Waals surface area contributed by atoms with Crippen LogP contribution < -0.4 is 0 Å². The molecule has 1 aromatic rings. The molecular weight excluding hydrogens is 292 g/mol. The first kappa shape index (κ1) is 17.6. The summed E-state index contributed by atoms with van der Waals surface area (Å²) >= 11 is 0. The lowest BCUT2D eigenvalue weighted by molar-refractivity contribution is -0.387. The SMILES string of the molecule is Cc1cccc([N+](=O)[O-])c1S(=O)(=O)N(C)[C@H](C)CC(C)C. The van der Waals surface area contributed by atoms with Crippen molar-refractivity contribution >= 4 is 15.7 Å². The fourth-order valence-corrected chi connectivity index (χ4v) is 4.06. The topological polar surface area (TPSA) is 80.5 Å². The molecule has 0 aromatic heterocycles. The maximum absolute atomic E-state index is 12.7. The van der Waals surface area contributed by atoms with E-state index in [0.29, 0.717) is 17.9 Å². The fourth-order valence-electron chi connectivity index (χ4n) is 2.33. The van der Waals surface area contributed by atoms with Gasteiger partial charge in [-0.15, -0.1) is 0 Å². The van der Waals surface area contributed by atoms with Crippen LogP contribution >= 0.6 is 0 Å². The Bertz CT molecular complexity index is 626. The molecule has 0 spiro atoms. The van der Waals surface area contributed by atoms with Crippen molar-refractivity contribution in [2.45, 2.75) is 45.1 Å². The van der Waals surface area contributed by atoms with Gasteiger partial charge in [-0.25, -0.2) is 8.42 Å². The van der Waals surface area contributed by atoms with Gasteiger partial charge in [-0.2, -0.15) is 4.31 Å². The molecule has 0 fully saturated rings. The summed E-state index contributed by atoms with van der Waals surface area (Å²) < 4.78 is 26.7. The molecule has 7 heteroatoms. The second kappa shape index (κ2) is 6.53. The summed E-state index contributed by atoms with van der Waals surface area (Å²) in [5, 5.41) is 11.1. The van der Waals surface area contributed by atoms with Crippen molar-refractivity contribution in [1.29, 1.82) is 0 Å². The van der Waals surface area contributed by atoms with E-state index in [1.165, 1.54) is 23.5 Å². The second-order valence-corrected chi connectivity index (χ2v) is 7.61. The molecule has 0 bridgehead atoms. The highest BCUT2D eigenvalue weighted by Gasteiger charge is 2.33. The van der Waals surface area contributed by atoms with Crippen molar-refractivity contribution < 1.29 is 13.3 Å². The molecule has 0 saturated carbocycles. The maximum Gasteiger partial charge on any atom is 0.289 e. The van der Waals surface area contributed by atoms with Crippen molar-refractivity contribution in [2.24, 2.45) is 5.92 Å². The standard InChI is InChI=1S/C14H22N2O4S/c1-10(2)9-12(4)15(5)21(19,20)14-11(3)7-6-8-13(14)16(17)18/h6-8,10,12H,9H2,1-5H3/t12-/m1/s1. The van der Waals surface area contributed by atoms with Gasteiger partial charge in [0, 0.05) is 19.2 Å². The molecule has 1 rings (SSSR count). The van der Waals surface area contributed by atoms with Crippen molar-refractivity contribution in [3.05, 3.63) is 33.9 Å². The quantitative estimate of drug-likeness (QED) is 0.597. The molecule has 0 heterocycles. The Morgan fingerprint density at radius 3 is 2.33 bits per heavy atom. The summed E-state index contributed by atoms with van der Waals surface area (Å²) in [5.74, 6) is 0.338. The number of sulfonamides is 1. The Morgan fingerprint density at radius 1 is 1.29 bits per heavy atom. The zero-order valence-electron chi connectivity index (χ0n) is 13.0. The number of rotatable bonds is 6. The predicted molar refractivity (Wildman–Crippen MR) is 81.7 cm³/mol. The highest BCUT2D eigenvalue weighted by atomic mass is 32.2. The number of nitro benzene ring substituents is 1. The first-order chi connectivity index (χ1) is 9.59. The number of hydrogen-bond acceptors (Lipinski definition) is 4. The maximum atomic E-state index is 12.7. The van der Waals surface area contributed by atoms with Gasteiger partial charge in [-0.05, 0) is 31.7 Å². The van der Waals surface area contributed by atoms with Crippen LogP contribution in [-0.2, 0) is 10.0 Å². The number of nitro groups is 1. The van der Waals surface area contributed by atoms with E-state index >= 15 is 0 Å². The van der Waals surface area contributed by atoms with Gasteiger partial charge < -0.3 is 0 Å². The van der Waals surface area contributed by atoms with Crippen molar-refractivity contribution in [1.82, 2.24) is 4.31 Å². The van der Waals surface area contributed by atoms with Gasteiger partial charge in [0.1, 0.15) is 0 Å². The Kier molecular flexibility index (Phi) is 5.47. The highest BCUT2D eigenvalue weighted by molar-refractivity contribution is 7.89. The van der Waals surface area contributed by atoms with Crippen LogP contribution in [0.2, 0.25) is 0 Å². The van der Waals surface area contributed by atoms with E-state index in [1.54, 1.807) is 13.0 Å². The average molecular weight is 314 g/mol. The zero-order valence-corrected chi connectivity index (χ0v) is 13.8. The molecular formula is C14H22N2O4S. The molecule has 0 amide bonds. The summed E-state index contributed by atoms with van der Waals surface area (Å²) in [6.45, 7) is 7.39. The Hall–Kier alpha value is -1.47. The predicted octanol–water partition coefficient (Wildman–Crippen LogP) is 2.96. The smallest absolute Gasteiger partial charge is 0.258 e. The largest absolute Gasteiger partial charge is 0.289 e. The lowest BCUT2D eigenvalue weighted by atomic mass is 10.1. The molecule has 0 aliphatic heterocycles. The van der Waals surface area contributed by atoms with E-state index in [1.807, 2.05) is 20.8 Å². The van der Waals surface area contributed by atoms with E-state index < -0.39 is 14.9 Å². The van der Waals surface area contributed by atoms with Crippen molar-refractivity contribution in [3.8, 4) is 0 Å². The number of benzene rings is 1. The van der Waals surface area contributed by atoms with E-state index in [-0.39, 0.29) is 16.6 Å². The number of nitrogens with zero attached hydrogens (tertiary/aromatic N) is 2. The van der Waals surface area contributed by atoms with Gasteiger partial charge in [0.2, 0.25) is 10.0 Å². The Balaban J connectivity index is 3.35. The van der Waals surface area contributed by atoms with Crippen LogP contribution in [0.25, 0.3) is 0 Å². The molecule has 0 N–H and O–H groups in total. The van der Waals surface area contributed by atoms with Gasteiger partial charge in [0.25, 0.3) is 5.69 Å². The average Bonchev–Trinajstić information content (AvgIpc) is 2.36. The van der Waals surface area contributed by atoms with Crippen LogP contribution in [0.3, 0.4) is 0 Å². The first-order valence-electron chi connectivity index (χ1n) is 6.81. The minimum absolute atomic E-state index is 0.215. The molecule has 0 saturated heterocycles. The van der Waals surface area contributed by atoms with E-state index in [0.717, 1.165) is 0 Å². The highest BCUT2D eigenvalue weighted by Crippen LogP contribution is 2.30. The summed E-state index contributed by atoms with van der Waals surface area (Å²) in [7, 11) is -2.43. The third-order valence-electron chi connectivity index (χ3n) is 3.46. The normalized spacial score (nSPS) is 13.7. The molecule has 1 atom stereocenters. The van der Waals surface area contributed by atoms with Gasteiger partial charge in [-0.1, -0.05) is 26.0 Å². The van der Waals surface area contributed by atoms with Crippen molar-refractivity contribution in [3.63, 3.8) is 0 Å². The second-order valence-electron chi connectivity index (χ2n) is 5.68. The number of aryl methyl sites for hydroxylation is 1. The van der Waals surface area contributed by atoms with Crippen molar-refractivity contribution in [2.75, 3.05) is 7.05 Å². The van der Waals surface area contributed by atoms with E-state index in [9.17, 15) is 18.5 Å². The van der Waals surface area contributed by atoms with Gasteiger partial charge >= 0.3 is 0 Å². The van der Waals surface area contributed by atoms with Crippen LogP contribution in [0.4, 0.5) is 5.69 Å². The van der Waals surface area contributed by atoms with E-state index in [2.05, 4.69) is 0 Å². The third kappa shape index (κ3) is 3.79. The van der Waals surface area contributed by atoms with Crippen LogP contribution in [-0.4, -0.2) is 30.7 Å². The monoisotopic (exact) mass is 314 g/mol. The summed E-state index contributed by atoms with van der Waals surface area (Å²) in [6.07, 6.45) is 0.690. The lowest BCUT2D eigenvalue weighted by Crippen LogP contribution is -2.36. The Labute approximate surface area is 126 Å². The molecule has 0 radical (unpaired) electrons. The molecule has 1 aromatic carbocycles. The molecule has 0 aliphatic rings. The molecule has 6 nitrogen and oxygen atoms in total. The molecule has 0 unspecified atom stereocenters. The Morgan fingerprint density at radius 2 is 1.86 bits per heavy atom. The van der Waals surface area contributed by atoms with Crippen LogP contribution in [0, 0.1) is 23.0 Å². The summed E-state index contributed by atoms with van der Waals surface area (Å²) in [5.41, 5.74) is 0.00592. The zero-order chi connectivity index (χ0) is 16.4. The number of hydrogen-bond donors (Lipinski definition) is 0. The van der Waals surface area contributed by atoms with Gasteiger partial charge in [0.15, 0.2) is 4.90 Å². The molecule has 118 valence electrons. The van der Waals surface area contributed by atoms with Gasteiger partial charge in [-0.3, -0.25) is 10.1 Å². The van der Waals surface area contributed by atoms with Crippen LogP contribution in [0.15, 0.2) is 23.1 Å². The minimum Gasteiger partial charge on any atom is -0.258 e. The molecule has 0 aliphatic carbocycles.